The third kappa shape index (κ3) is 5.64. The van der Waals surface area contributed by atoms with Gasteiger partial charge < -0.3 is 19.5 Å². The Labute approximate surface area is 193 Å². The molecule has 1 aromatic carbocycles. The average Bonchev–Trinajstić information content (AvgIpc) is 2.73. The molecule has 31 heavy (non-hydrogen) atoms. The highest BCUT2D eigenvalue weighted by atomic mass is 35.5. The number of benzene rings is 1. The number of methoxy groups -OCH3 is 1. The van der Waals surface area contributed by atoms with Crippen molar-refractivity contribution >= 4 is 52.8 Å². The zero-order valence-electron chi connectivity index (χ0n) is 17.0. The Bertz CT molecular complexity index is 936. The number of carbonyl (C=O) groups is 3. The maximum absolute atomic E-state index is 12.8. The van der Waals surface area contributed by atoms with Crippen LogP contribution in [0.5, 0.6) is 5.75 Å². The van der Waals surface area contributed by atoms with Crippen LogP contribution in [0.2, 0.25) is 10.0 Å². The van der Waals surface area contributed by atoms with E-state index in [2.05, 4.69) is 5.32 Å². The Kier molecular flexibility index (Phi) is 9.04. The van der Waals surface area contributed by atoms with Crippen LogP contribution in [0.3, 0.4) is 0 Å². The minimum atomic E-state index is -1.35. The Morgan fingerprint density at radius 1 is 1.23 bits per heavy atom. The number of nitrogens with one attached hydrogen (secondary N) is 1. The van der Waals surface area contributed by atoms with Gasteiger partial charge in [-0.1, -0.05) is 35.0 Å². The lowest BCUT2D eigenvalue weighted by molar-refractivity contribution is -0.150. The third-order valence-electron chi connectivity index (χ3n) is 4.29. The van der Waals surface area contributed by atoms with Gasteiger partial charge >= 0.3 is 11.9 Å². The molecule has 0 aromatic heterocycles. The summed E-state index contributed by atoms with van der Waals surface area (Å²) in [7, 11) is 1.14. The van der Waals surface area contributed by atoms with Crippen LogP contribution in [-0.4, -0.2) is 43.9 Å². The lowest BCUT2D eigenvalue weighted by atomic mass is 9.78. The van der Waals surface area contributed by atoms with Crippen LogP contribution >= 0.6 is 35.0 Å². The molecule has 0 spiro atoms. The van der Waals surface area contributed by atoms with Gasteiger partial charge in [-0.15, -0.1) is 0 Å². The molecule has 1 aliphatic rings. The summed E-state index contributed by atoms with van der Waals surface area (Å²) in [6.45, 7) is 3.96. The topological polar surface area (TPSA) is 115 Å². The van der Waals surface area contributed by atoms with Gasteiger partial charge in [0.2, 0.25) is 5.91 Å². The zero-order chi connectivity index (χ0) is 23.1. The number of carbonyl (C=O) groups excluding carboxylic acids is 3. The second kappa shape index (κ2) is 11.3. The van der Waals surface area contributed by atoms with Gasteiger partial charge in [0.15, 0.2) is 5.75 Å². The largest absolute Gasteiger partial charge is 0.491 e. The minimum Gasteiger partial charge on any atom is -0.491 e. The summed E-state index contributed by atoms with van der Waals surface area (Å²) in [5, 5.41) is 12.9. The first kappa shape index (κ1) is 24.9. The van der Waals surface area contributed by atoms with Crippen molar-refractivity contribution in [3.63, 3.8) is 0 Å². The molecule has 0 saturated heterocycles. The average molecular weight is 487 g/mol. The maximum atomic E-state index is 12.8. The van der Waals surface area contributed by atoms with Crippen molar-refractivity contribution in [1.82, 2.24) is 5.32 Å². The van der Waals surface area contributed by atoms with Crippen LogP contribution in [0.1, 0.15) is 25.3 Å². The van der Waals surface area contributed by atoms with Crippen LogP contribution in [0.25, 0.3) is 0 Å². The molecule has 2 atom stereocenters. The smallest absolute Gasteiger partial charge is 0.319 e. The van der Waals surface area contributed by atoms with Gasteiger partial charge in [-0.3, -0.25) is 14.4 Å². The van der Waals surface area contributed by atoms with Gasteiger partial charge in [-0.25, -0.2) is 0 Å². The highest BCUT2D eigenvalue weighted by Gasteiger charge is 2.44. The van der Waals surface area contributed by atoms with Crippen molar-refractivity contribution in [3.8, 4) is 11.8 Å². The molecule has 1 aliphatic heterocycles. The molecule has 0 bridgehead atoms. The number of hydrogen-bond donors (Lipinski definition) is 1. The van der Waals surface area contributed by atoms with Crippen LogP contribution < -0.4 is 10.1 Å². The molecule has 1 N–H and O–H groups in total. The van der Waals surface area contributed by atoms with Crippen LogP contribution in [-0.2, 0) is 23.9 Å². The number of nitrogens with zero attached hydrogens (tertiary/aromatic N) is 1. The highest BCUT2D eigenvalue weighted by molar-refractivity contribution is 8.03. The number of thioether (sulfide) groups is 1. The molecule has 166 valence electrons. The summed E-state index contributed by atoms with van der Waals surface area (Å²) in [6.07, 6.45) is 0. The van der Waals surface area contributed by atoms with Crippen LogP contribution in [0.4, 0.5) is 0 Å². The predicted molar refractivity (Wildman–Crippen MR) is 116 cm³/mol. The van der Waals surface area contributed by atoms with E-state index in [1.165, 1.54) is 12.1 Å². The lowest BCUT2D eigenvalue weighted by Gasteiger charge is -2.31. The molecule has 0 saturated carbocycles. The Hall–Kier alpha value is -2.41. The summed E-state index contributed by atoms with van der Waals surface area (Å²) in [6, 6.07) is 5.01. The van der Waals surface area contributed by atoms with E-state index in [9.17, 15) is 19.6 Å². The summed E-state index contributed by atoms with van der Waals surface area (Å²) >= 11 is 13.5. The van der Waals surface area contributed by atoms with Gasteiger partial charge in [0.1, 0.15) is 5.92 Å². The monoisotopic (exact) mass is 486 g/mol. The fraction of sp³-hybridized carbons (Fsp3) is 0.400. The Morgan fingerprint density at radius 2 is 1.87 bits per heavy atom. The minimum absolute atomic E-state index is 0.0700. The first-order chi connectivity index (χ1) is 14.8. The Balaban J connectivity index is 2.59. The second-order valence-electron chi connectivity index (χ2n) is 6.16. The van der Waals surface area contributed by atoms with Gasteiger partial charge in [0, 0.05) is 5.92 Å². The molecule has 0 radical (unpaired) electrons. The van der Waals surface area contributed by atoms with E-state index in [1.807, 2.05) is 6.07 Å². The van der Waals surface area contributed by atoms with E-state index in [4.69, 9.17) is 37.4 Å². The van der Waals surface area contributed by atoms with Crippen molar-refractivity contribution in [2.45, 2.75) is 19.8 Å². The number of esters is 2. The van der Waals surface area contributed by atoms with Crippen molar-refractivity contribution in [1.29, 1.82) is 5.26 Å². The molecule has 1 aromatic rings. The van der Waals surface area contributed by atoms with E-state index in [0.717, 1.165) is 18.9 Å². The number of hydrogen-bond acceptors (Lipinski definition) is 8. The van der Waals surface area contributed by atoms with Gasteiger partial charge in [-0.2, -0.15) is 5.26 Å². The molecule has 0 aliphatic carbocycles. The molecule has 11 heteroatoms. The van der Waals surface area contributed by atoms with E-state index in [-0.39, 0.29) is 38.8 Å². The number of halogens is 2. The lowest BCUT2D eigenvalue weighted by Crippen LogP contribution is -2.44. The van der Waals surface area contributed by atoms with Gasteiger partial charge in [-0.05, 0) is 31.5 Å². The maximum Gasteiger partial charge on any atom is 0.319 e. The van der Waals surface area contributed by atoms with E-state index in [0.29, 0.717) is 12.2 Å². The van der Waals surface area contributed by atoms with Crippen molar-refractivity contribution in [2.24, 2.45) is 5.92 Å². The normalized spacial score (nSPS) is 18.1. The van der Waals surface area contributed by atoms with E-state index < -0.39 is 29.7 Å². The molecular formula is C20H20Cl2N2O6S. The molecule has 1 amide bonds. The summed E-state index contributed by atoms with van der Waals surface area (Å²) in [4.78, 5) is 37.0. The van der Waals surface area contributed by atoms with Crippen molar-refractivity contribution < 1.29 is 28.6 Å². The fourth-order valence-corrected chi connectivity index (χ4v) is 4.51. The SMILES string of the molecule is CCOC(=O)CSC1=C(C#N)[C@@H](c2cc(Cl)c(OCC)c(Cl)c2)[C@@H](C(=O)OC)C(=O)N1. The van der Waals surface area contributed by atoms with E-state index in [1.54, 1.807) is 13.8 Å². The first-order valence-corrected chi connectivity index (χ1v) is 11.0. The second-order valence-corrected chi connectivity index (χ2v) is 7.96. The zero-order valence-corrected chi connectivity index (χ0v) is 19.3. The molecule has 2 rings (SSSR count). The van der Waals surface area contributed by atoms with E-state index >= 15 is 0 Å². The van der Waals surface area contributed by atoms with Gasteiger partial charge in [0.25, 0.3) is 0 Å². The molecular weight excluding hydrogens is 467 g/mol. The number of amides is 1. The number of nitriles is 1. The Morgan fingerprint density at radius 3 is 2.39 bits per heavy atom. The summed E-state index contributed by atoms with van der Waals surface area (Å²) < 4.78 is 15.1. The standard InChI is InChI=1S/C20H20Cl2N2O6S/c1-4-29-14(25)9-31-19-11(8-23)15(16(18(26)24-19)20(27)28-3)10-6-12(21)17(30-5-2)13(22)7-10/h6-7,15-16H,4-5,9H2,1-3H3,(H,24,26)/t15-,16-/m1/s1. The molecule has 0 unspecified atom stereocenters. The fourth-order valence-electron chi connectivity index (χ4n) is 3.05. The van der Waals surface area contributed by atoms with Crippen molar-refractivity contribution in [2.75, 3.05) is 26.1 Å². The first-order valence-electron chi connectivity index (χ1n) is 9.22. The number of ether oxygens (including phenoxy) is 3. The van der Waals surface area contributed by atoms with Gasteiger partial charge in [0.05, 0.1) is 52.8 Å². The molecule has 0 fully saturated rings. The van der Waals surface area contributed by atoms with Crippen molar-refractivity contribution in [3.05, 3.63) is 38.3 Å². The number of rotatable bonds is 8. The third-order valence-corrected chi connectivity index (χ3v) is 5.84. The quantitative estimate of drug-likeness (QED) is 0.438. The highest BCUT2D eigenvalue weighted by Crippen LogP contribution is 2.44. The molecule has 1 heterocycles. The predicted octanol–water partition coefficient (Wildman–Crippen LogP) is 3.43. The summed E-state index contributed by atoms with van der Waals surface area (Å²) in [5.41, 5.74) is 0.426. The van der Waals surface area contributed by atoms with Crippen LogP contribution in [0, 0.1) is 17.2 Å². The molecule has 8 nitrogen and oxygen atoms in total. The summed E-state index contributed by atoms with van der Waals surface area (Å²) in [5.74, 6) is -4.27. The van der Waals surface area contributed by atoms with Crippen LogP contribution in [0.15, 0.2) is 22.7 Å². The number of allylic oxidation sites excluding steroid dienone is 1.